The maximum Gasteiger partial charge on any atom is 0.0462 e. The van der Waals surface area contributed by atoms with Crippen LogP contribution >= 0.6 is 11.3 Å². The second-order valence-electron chi connectivity index (χ2n) is 5.63. The number of hydrogen-bond acceptors (Lipinski definition) is 2. The second kappa shape index (κ2) is 5.10. The maximum atomic E-state index is 6.61. The fourth-order valence-corrected chi connectivity index (χ4v) is 4.44. The van der Waals surface area contributed by atoms with Crippen molar-refractivity contribution in [1.29, 1.82) is 0 Å². The van der Waals surface area contributed by atoms with E-state index in [9.17, 15) is 0 Å². The van der Waals surface area contributed by atoms with Crippen LogP contribution in [0.15, 0.2) is 30.3 Å². The van der Waals surface area contributed by atoms with Crippen LogP contribution < -0.4 is 5.73 Å². The third kappa shape index (κ3) is 2.35. The lowest BCUT2D eigenvalue weighted by Gasteiger charge is -2.30. The SMILES string of the molecule is Cc1cc(C)c(C(N)C2CCCc3ccccc32)s1. The van der Waals surface area contributed by atoms with Gasteiger partial charge in [0.1, 0.15) is 0 Å². The summed E-state index contributed by atoms with van der Waals surface area (Å²) in [5.41, 5.74) is 10.9. The Kier molecular flexibility index (Phi) is 3.46. The zero-order valence-corrected chi connectivity index (χ0v) is 12.5. The first-order valence-corrected chi connectivity index (χ1v) is 7.89. The first-order valence-electron chi connectivity index (χ1n) is 7.07. The monoisotopic (exact) mass is 271 g/mol. The summed E-state index contributed by atoms with van der Waals surface area (Å²) in [6.07, 6.45) is 3.69. The number of aryl methyl sites for hydroxylation is 3. The van der Waals surface area contributed by atoms with E-state index in [-0.39, 0.29) is 6.04 Å². The Morgan fingerprint density at radius 2 is 2.05 bits per heavy atom. The van der Waals surface area contributed by atoms with Crippen LogP contribution in [0.25, 0.3) is 0 Å². The molecule has 2 heteroatoms. The van der Waals surface area contributed by atoms with Crippen LogP contribution in [0.3, 0.4) is 0 Å². The summed E-state index contributed by atoms with van der Waals surface area (Å²) < 4.78 is 0. The van der Waals surface area contributed by atoms with Gasteiger partial charge in [-0.3, -0.25) is 0 Å². The normalized spacial score (nSPS) is 20.1. The summed E-state index contributed by atoms with van der Waals surface area (Å²) in [7, 11) is 0. The molecule has 0 aliphatic heterocycles. The van der Waals surface area contributed by atoms with Gasteiger partial charge in [-0.2, -0.15) is 0 Å². The van der Waals surface area contributed by atoms with Crippen molar-refractivity contribution in [2.45, 2.75) is 45.1 Å². The molecule has 100 valence electrons. The van der Waals surface area contributed by atoms with Crippen molar-refractivity contribution in [1.82, 2.24) is 0 Å². The minimum Gasteiger partial charge on any atom is -0.323 e. The van der Waals surface area contributed by atoms with Gasteiger partial charge in [0.15, 0.2) is 0 Å². The van der Waals surface area contributed by atoms with Crippen LogP contribution in [0.4, 0.5) is 0 Å². The van der Waals surface area contributed by atoms with Crippen molar-refractivity contribution < 1.29 is 0 Å². The van der Waals surface area contributed by atoms with Gasteiger partial charge in [-0.25, -0.2) is 0 Å². The molecule has 2 unspecified atom stereocenters. The number of nitrogens with two attached hydrogens (primary N) is 1. The van der Waals surface area contributed by atoms with Crippen LogP contribution in [0.1, 0.15) is 51.2 Å². The molecule has 0 saturated heterocycles. The molecule has 19 heavy (non-hydrogen) atoms. The minimum absolute atomic E-state index is 0.153. The third-order valence-corrected chi connectivity index (χ3v) is 5.49. The highest BCUT2D eigenvalue weighted by Gasteiger charge is 2.28. The van der Waals surface area contributed by atoms with E-state index in [0.717, 1.165) is 0 Å². The molecule has 0 radical (unpaired) electrons. The van der Waals surface area contributed by atoms with Crippen LogP contribution in [0.2, 0.25) is 0 Å². The summed E-state index contributed by atoms with van der Waals surface area (Å²) in [5.74, 6) is 0.488. The molecule has 1 aliphatic carbocycles. The number of rotatable bonds is 2. The highest BCUT2D eigenvalue weighted by Crippen LogP contribution is 2.41. The van der Waals surface area contributed by atoms with E-state index in [1.165, 1.54) is 45.7 Å². The van der Waals surface area contributed by atoms with E-state index in [2.05, 4.69) is 44.2 Å². The van der Waals surface area contributed by atoms with Crippen LogP contribution in [0.5, 0.6) is 0 Å². The van der Waals surface area contributed by atoms with Crippen LogP contribution in [-0.4, -0.2) is 0 Å². The first-order chi connectivity index (χ1) is 9.16. The molecular formula is C17H21NS. The highest BCUT2D eigenvalue weighted by molar-refractivity contribution is 7.12. The van der Waals surface area contributed by atoms with Gasteiger partial charge in [-0.05, 0) is 55.9 Å². The molecule has 1 nitrogen and oxygen atoms in total. The molecule has 0 fully saturated rings. The molecule has 1 aromatic carbocycles. The lowest BCUT2D eigenvalue weighted by atomic mass is 9.78. The van der Waals surface area contributed by atoms with Gasteiger partial charge in [-0.1, -0.05) is 24.3 Å². The quantitative estimate of drug-likeness (QED) is 0.856. The number of thiophene rings is 1. The van der Waals surface area contributed by atoms with Gasteiger partial charge in [-0.15, -0.1) is 11.3 Å². The highest BCUT2D eigenvalue weighted by atomic mass is 32.1. The molecule has 1 heterocycles. The fourth-order valence-electron chi connectivity index (χ4n) is 3.34. The van der Waals surface area contributed by atoms with Crippen molar-refractivity contribution in [3.05, 3.63) is 56.8 Å². The van der Waals surface area contributed by atoms with Crippen molar-refractivity contribution in [3.63, 3.8) is 0 Å². The van der Waals surface area contributed by atoms with E-state index < -0.39 is 0 Å². The summed E-state index contributed by atoms with van der Waals surface area (Å²) in [6.45, 7) is 4.36. The molecule has 0 saturated carbocycles. The average Bonchev–Trinajstić information content (AvgIpc) is 2.76. The standard InChI is InChI=1S/C17H21NS/c1-11-10-12(2)19-17(11)16(18)15-9-5-7-13-6-3-4-8-14(13)15/h3-4,6,8,10,15-16H,5,7,9,18H2,1-2H3. The second-order valence-corrected chi connectivity index (χ2v) is 6.92. The van der Waals surface area contributed by atoms with E-state index in [1.54, 1.807) is 0 Å². The largest absolute Gasteiger partial charge is 0.323 e. The number of benzene rings is 1. The summed E-state index contributed by atoms with van der Waals surface area (Å²) >= 11 is 1.87. The predicted molar refractivity (Wildman–Crippen MR) is 82.8 cm³/mol. The first kappa shape index (κ1) is 12.9. The maximum absolute atomic E-state index is 6.61. The Morgan fingerprint density at radius 1 is 1.26 bits per heavy atom. The van der Waals surface area contributed by atoms with Gasteiger partial charge >= 0.3 is 0 Å². The van der Waals surface area contributed by atoms with Gasteiger partial charge in [0, 0.05) is 21.7 Å². The summed E-state index contributed by atoms with van der Waals surface area (Å²) in [6, 6.07) is 11.2. The molecule has 1 aromatic heterocycles. The molecule has 1 aliphatic rings. The topological polar surface area (TPSA) is 26.0 Å². The lowest BCUT2D eigenvalue weighted by molar-refractivity contribution is 0.478. The zero-order chi connectivity index (χ0) is 13.4. The molecular weight excluding hydrogens is 250 g/mol. The van der Waals surface area contributed by atoms with Gasteiger partial charge in [0.25, 0.3) is 0 Å². The van der Waals surface area contributed by atoms with Gasteiger partial charge < -0.3 is 5.73 Å². The summed E-state index contributed by atoms with van der Waals surface area (Å²) in [4.78, 5) is 2.74. The Bertz CT molecular complexity index is 585. The molecule has 0 spiro atoms. The molecule has 2 N–H and O–H groups in total. The lowest BCUT2D eigenvalue weighted by Crippen LogP contribution is -2.23. The fraction of sp³-hybridized carbons (Fsp3) is 0.412. The van der Waals surface area contributed by atoms with E-state index in [0.29, 0.717) is 5.92 Å². The molecule has 2 aromatic rings. The zero-order valence-electron chi connectivity index (χ0n) is 11.6. The predicted octanol–water partition coefficient (Wildman–Crippen LogP) is 4.48. The number of hydrogen-bond donors (Lipinski definition) is 1. The van der Waals surface area contributed by atoms with Gasteiger partial charge in [0.05, 0.1) is 0 Å². The Labute approximate surface area is 119 Å². The molecule has 2 atom stereocenters. The van der Waals surface area contributed by atoms with Gasteiger partial charge in [0.2, 0.25) is 0 Å². The molecule has 0 amide bonds. The van der Waals surface area contributed by atoms with Crippen LogP contribution in [0, 0.1) is 13.8 Å². The minimum atomic E-state index is 0.153. The van der Waals surface area contributed by atoms with Crippen molar-refractivity contribution in [2.24, 2.45) is 5.73 Å². The summed E-state index contributed by atoms with van der Waals surface area (Å²) in [5, 5.41) is 0. The van der Waals surface area contributed by atoms with E-state index in [4.69, 9.17) is 5.73 Å². The van der Waals surface area contributed by atoms with Crippen molar-refractivity contribution >= 4 is 11.3 Å². The number of fused-ring (bicyclic) bond motifs is 1. The molecule has 0 bridgehead atoms. The Hall–Kier alpha value is -1.12. The van der Waals surface area contributed by atoms with Crippen LogP contribution in [-0.2, 0) is 6.42 Å². The van der Waals surface area contributed by atoms with E-state index >= 15 is 0 Å². The smallest absolute Gasteiger partial charge is 0.0462 e. The van der Waals surface area contributed by atoms with E-state index in [1.807, 2.05) is 11.3 Å². The third-order valence-electron chi connectivity index (χ3n) is 4.23. The Morgan fingerprint density at radius 3 is 2.79 bits per heavy atom. The van der Waals surface area contributed by atoms with Crippen molar-refractivity contribution in [2.75, 3.05) is 0 Å². The Balaban J connectivity index is 1.97. The molecule has 3 rings (SSSR count). The van der Waals surface area contributed by atoms with Crippen molar-refractivity contribution in [3.8, 4) is 0 Å². The average molecular weight is 271 g/mol.